The molecular formula is C24H25N7O4S. The summed E-state index contributed by atoms with van der Waals surface area (Å²) in [5.74, 6) is 2.14. The number of methoxy groups -OCH3 is 1. The van der Waals surface area contributed by atoms with E-state index in [-0.39, 0.29) is 5.56 Å². The molecule has 0 saturated carbocycles. The molecule has 0 unspecified atom stereocenters. The number of amides is 1. The minimum Gasteiger partial charge on any atom is -0.497 e. The highest BCUT2D eigenvalue weighted by Crippen LogP contribution is 2.35. The maximum absolute atomic E-state index is 11.5. The molecule has 11 nitrogen and oxygen atoms in total. The molecule has 5 rings (SSSR count). The molecule has 186 valence electrons. The summed E-state index contributed by atoms with van der Waals surface area (Å²) in [7, 11) is 3.52. The summed E-state index contributed by atoms with van der Waals surface area (Å²) in [6, 6.07) is 9.80. The lowest BCUT2D eigenvalue weighted by atomic mass is 10.2. The van der Waals surface area contributed by atoms with E-state index in [9.17, 15) is 4.79 Å². The monoisotopic (exact) mass is 507 g/mol. The Balaban J connectivity index is 1.47. The molecule has 0 atom stereocenters. The number of hydrogen-bond donors (Lipinski definition) is 2. The van der Waals surface area contributed by atoms with Gasteiger partial charge in [-0.2, -0.15) is 0 Å². The molecule has 1 aliphatic heterocycles. The molecule has 1 saturated heterocycles. The zero-order valence-corrected chi connectivity index (χ0v) is 20.7. The van der Waals surface area contributed by atoms with E-state index in [1.54, 1.807) is 23.9 Å². The van der Waals surface area contributed by atoms with Gasteiger partial charge in [-0.3, -0.25) is 10.0 Å². The maximum Gasteiger partial charge on any atom is 0.277 e. The van der Waals surface area contributed by atoms with Crippen molar-refractivity contribution in [3.05, 3.63) is 53.2 Å². The van der Waals surface area contributed by atoms with E-state index >= 15 is 0 Å². The van der Waals surface area contributed by atoms with Gasteiger partial charge in [0.25, 0.3) is 5.91 Å². The van der Waals surface area contributed by atoms with Crippen LogP contribution in [0.4, 0.5) is 11.8 Å². The molecule has 12 heteroatoms. The summed E-state index contributed by atoms with van der Waals surface area (Å²) in [6.07, 6.45) is 2.75. The first-order valence-electron chi connectivity index (χ1n) is 11.3. The number of anilines is 2. The third kappa shape index (κ3) is 4.91. The van der Waals surface area contributed by atoms with Gasteiger partial charge in [0, 0.05) is 43.0 Å². The number of ether oxygens (including phenoxy) is 2. The van der Waals surface area contributed by atoms with Crippen molar-refractivity contribution in [3.8, 4) is 17.1 Å². The zero-order chi connectivity index (χ0) is 25.1. The average Bonchev–Trinajstić information content (AvgIpc) is 3.35. The van der Waals surface area contributed by atoms with E-state index in [0.717, 1.165) is 45.3 Å². The SMILES string of the molecule is COc1ccc(-c2nc(N3CCOCC3)c3sc(CN(C)c4ncc(C(=O)NO)cn4)cc3n2)cc1. The van der Waals surface area contributed by atoms with E-state index in [2.05, 4.69) is 20.9 Å². The Bertz CT molecular complexity index is 1360. The number of nitrogens with zero attached hydrogens (tertiary/aromatic N) is 6. The smallest absolute Gasteiger partial charge is 0.277 e. The van der Waals surface area contributed by atoms with Gasteiger partial charge in [0.15, 0.2) is 11.6 Å². The lowest BCUT2D eigenvalue weighted by molar-refractivity contribution is 0.0705. The summed E-state index contributed by atoms with van der Waals surface area (Å²) < 4.78 is 11.9. The van der Waals surface area contributed by atoms with Gasteiger partial charge >= 0.3 is 0 Å². The van der Waals surface area contributed by atoms with Gasteiger partial charge in [0.05, 0.1) is 42.6 Å². The Morgan fingerprint density at radius 2 is 1.92 bits per heavy atom. The highest BCUT2D eigenvalue weighted by Gasteiger charge is 2.21. The third-order valence-electron chi connectivity index (χ3n) is 5.80. The van der Waals surface area contributed by atoms with Crippen LogP contribution in [0, 0.1) is 0 Å². The van der Waals surface area contributed by atoms with E-state index in [0.29, 0.717) is 31.5 Å². The Morgan fingerprint density at radius 1 is 1.19 bits per heavy atom. The number of hydroxylamine groups is 1. The first-order valence-corrected chi connectivity index (χ1v) is 12.1. The van der Waals surface area contributed by atoms with E-state index in [4.69, 9.17) is 24.6 Å². The second-order valence-electron chi connectivity index (χ2n) is 8.19. The Labute approximate surface area is 211 Å². The molecule has 4 aromatic rings. The minimum atomic E-state index is -0.657. The van der Waals surface area contributed by atoms with Gasteiger partial charge in [-0.25, -0.2) is 25.4 Å². The minimum absolute atomic E-state index is 0.174. The predicted molar refractivity (Wildman–Crippen MR) is 136 cm³/mol. The van der Waals surface area contributed by atoms with Gasteiger partial charge < -0.3 is 19.3 Å². The number of benzene rings is 1. The molecule has 4 heterocycles. The fourth-order valence-electron chi connectivity index (χ4n) is 3.91. The van der Waals surface area contributed by atoms with E-state index < -0.39 is 5.91 Å². The highest BCUT2D eigenvalue weighted by molar-refractivity contribution is 7.19. The van der Waals surface area contributed by atoms with Crippen LogP contribution in [0.15, 0.2) is 42.7 Å². The normalized spacial score (nSPS) is 13.6. The van der Waals surface area contributed by atoms with Crippen LogP contribution >= 0.6 is 11.3 Å². The zero-order valence-electron chi connectivity index (χ0n) is 19.8. The molecular weight excluding hydrogens is 482 g/mol. The molecule has 0 bridgehead atoms. The van der Waals surface area contributed by atoms with Crippen LogP contribution in [0.1, 0.15) is 15.2 Å². The molecule has 1 fully saturated rings. The maximum atomic E-state index is 11.5. The van der Waals surface area contributed by atoms with Crippen LogP contribution in [0.25, 0.3) is 21.6 Å². The summed E-state index contributed by atoms with van der Waals surface area (Å²) in [5, 5.41) is 8.77. The number of thiophene rings is 1. The number of hydrogen-bond acceptors (Lipinski definition) is 11. The summed E-state index contributed by atoms with van der Waals surface area (Å²) in [6.45, 7) is 3.40. The molecule has 3 aromatic heterocycles. The number of rotatable bonds is 7. The highest BCUT2D eigenvalue weighted by atomic mass is 32.1. The van der Waals surface area contributed by atoms with Crippen LogP contribution in [-0.4, -0.2) is 71.5 Å². The van der Waals surface area contributed by atoms with Crippen LogP contribution < -0.4 is 20.0 Å². The molecule has 0 aliphatic carbocycles. The van der Waals surface area contributed by atoms with Crippen LogP contribution in [0.2, 0.25) is 0 Å². The molecule has 2 N–H and O–H groups in total. The topological polar surface area (TPSA) is 126 Å². The molecule has 1 aromatic carbocycles. The van der Waals surface area contributed by atoms with Crippen molar-refractivity contribution in [3.63, 3.8) is 0 Å². The van der Waals surface area contributed by atoms with Gasteiger partial charge in [-0.1, -0.05) is 0 Å². The number of nitrogens with one attached hydrogen (secondary N) is 1. The average molecular weight is 508 g/mol. The van der Waals surface area contributed by atoms with Crippen molar-refractivity contribution in [2.45, 2.75) is 6.54 Å². The lowest BCUT2D eigenvalue weighted by Crippen LogP contribution is -2.36. The number of carbonyl (C=O) groups is 1. The fraction of sp³-hybridized carbons (Fsp3) is 0.292. The Kier molecular flexibility index (Phi) is 6.89. The molecule has 1 aliphatic rings. The fourth-order valence-corrected chi connectivity index (χ4v) is 5.07. The largest absolute Gasteiger partial charge is 0.497 e. The van der Waals surface area contributed by atoms with E-state index in [1.807, 2.05) is 36.2 Å². The van der Waals surface area contributed by atoms with Gasteiger partial charge in [0.1, 0.15) is 5.75 Å². The van der Waals surface area contributed by atoms with Gasteiger partial charge in [-0.05, 0) is 30.3 Å². The second kappa shape index (κ2) is 10.4. The van der Waals surface area contributed by atoms with Crippen LogP contribution in [-0.2, 0) is 11.3 Å². The molecule has 36 heavy (non-hydrogen) atoms. The quantitative estimate of drug-likeness (QED) is 0.285. The van der Waals surface area contributed by atoms with Crippen LogP contribution in [0.3, 0.4) is 0 Å². The standard InChI is InChI=1S/C24H25N7O4S/c1-30(24-25-12-16(13-26-24)23(32)29-33)14-18-11-19-20(36-18)22(31-7-9-35-10-8-31)28-21(27-19)15-3-5-17(34-2)6-4-15/h3-6,11-13,33H,7-10,14H2,1-2H3,(H,29,32). The third-order valence-corrected chi connectivity index (χ3v) is 6.90. The summed E-state index contributed by atoms with van der Waals surface area (Å²) in [4.78, 5) is 35.1. The van der Waals surface area contributed by atoms with Crippen molar-refractivity contribution < 1.29 is 19.5 Å². The number of morpholine rings is 1. The van der Waals surface area contributed by atoms with Crippen LogP contribution in [0.5, 0.6) is 5.75 Å². The van der Waals surface area contributed by atoms with Crippen molar-refractivity contribution in [1.29, 1.82) is 0 Å². The number of aromatic nitrogens is 4. The Morgan fingerprint density at radius 3 is 2.58 bits per heavy atom. The van der Waals surface area contributed by atoms with Gasteiger partial charge in [0.2, 0.25) is 5.95 Å². The van der Waals surface area contributed by atoms with Gasteiger partial charge in [-0.15, -0.1) is 11.3 Å². The first kappa shape index (κ1) is 23.9. The first-order chi connectivity index (χ1) is 17.6. The van der Waals surface area contributed by atoms with Crippen molar-refractivity contribution >= 4 is 39.2 Å². The molecule has 0 spiro atoms. The molecule has 1 amide bonds. The lowest BCUT2D eigenvalue weighted by Gasteiger charge is -2.28. The summed E-state index contributed by atoms with van der Waals surface area (Å²) in [5.41, 5.74) is 3.54. The number of carbonyl (C=O) groups excluding carboxylic acids is 1. The van der Waals surface area contributed by atoms with Crippen molar-refractivity contribution in [2.75, 3.05) is 50.3 Å². The second-order valence-corrected chi connectivity index (χ2v) is 9.33. The predicted octanol–water partition coefficient (Wildman–Crippen LogP) is 2.75. The summed E-state index contributed by atoms with van der Waals surface area (Å²) >= 11 is 1.64. The number of fused-ring (bicyclic) bond motifs is 1. The van der Waals surface area contributed by atoms with E-state index in [1.165, 1.54) is 12.4 Å². The van der Waals surface area contributed by atoms with Crippen molar-refractivity contribution in [1.82, 2.24) is 25.4 Å². The molecule has 0 radical (unpaired) electrons. The Hall–Kier alpha value is -3.87. The van der Waals surface area contributed by atoms with Crippen molar-refractivity contribution in [2.24, 2.45) is 0 Å².